The molecule has 0 aliphatic heterocycles. The number of para-hydroxylation sites is 1. The van der Waals surface area contributed by atoms with Crippen molar-refractivity contribution in [3.8, 4) is 0 Å². The van der Waals surface area contributed by atoms with Gasteiger partial charge in [0.2, 0.25) is 0 Å². The second-order valence-corrected chi connectivity index (χ2v) is 4.62. The van der Waals surface area contributed by atoms with Gasteiger partial charge >= 0.3 is 6.09 Å². The van der Waals surface area contributed by atoms with E-state index in [1.807, 2.05) is 37.3 Å². The number of amides is 1. The number of allylic oxidation sites excluding steroid dienone is 1. The molecule has 1 N–H and O–H groups in total. The van der Waals surface area contributed by atoms with Gasteiger partial charge in [-0.15, -0.1) is 0 Å². The fourth-order valence-corrected chi connectivity index (χ4v) is 2.15. The summed E-state index contributed by atoms with van der Waals surface area (Å²) in [5.41, 5.74) is 0.758. The molecule has 0 saturated carbocycles. The van der Waals surface area contributed by atoms with Gasteiger partial charge in [0.1, 0.15) is 6.10 Å². The normalized spacial score (nSPS) is 20.2. The molecule has 1 aliphatic rings. The standard InChI is InChI=1S/C15H19NO2/c1-12(13-8-4-2-5-9-13)18-15(17)16-14-10-6-3-7-11-14/h3-4,6-8,10-13H,2,5,9H2,1H3,(H,16,17). The Morgan fingerprint density at radius 2 is 2.17 bits per heavy atom. The smallest absolute Gasteiger partial charge is 0.411 e. The van der Waals surface area contributed by atoms with Crippen LogP contribution in [-0.2, 0) is 4.74 Å². The fourth-order valence-electron chi connectivity index (χ4n) is 2.15. The highest BCUT2D eigenvalue weighted by Gasteiger charge is 2.19. The van der Waals surface area contributed by atoms with Gasteiger partial charge in [0, 0.05) is 11.6 Å². The summed E-state index contributed by atoms with van der Waals surface area (Å²) in [5.74, 6) is 0.347. The molecule has 0 bridgehead atoms. The van der Waals surface area contributed by atoms with Crippen LogP contribution in [-0.4, -0.2) is 12.2 Å². The third-order valence-corrected chi connectivity index (χ3v) is 3.21. The van der Waals surface area contributed by atoms with Crippen LogP contribution in [0.15, 0.2) is 42.5 Å². The summed E-state index contributed by atoms with van der Waals surface area (Å²) in [4.78, 5) is 11.7. The molecular formula is C15H19NO2. The molecule has 0 heterocycles. The van der Waals surface area contributed by atoms with Crippen LogP contribution in [0.2, 0.25) is 0 Å². The molecule has 1 aromatic carbocycles. The van der Waals surface area contributed by atoms with Crippen LogP contribution < -0.4 is 5.32 Å². The Labute approximate surface area is 108 Å². The largest absolute Gasteiger partial charge is 0.446 e. The quantitative estimate of drug-likeness (QED) is 0.818. The lowest BCUT2D eigenvalue weighted by atomic mass is 9.92. The van der Waals surface area contributed by atoms with Gasteiger partial charge < -0.3 is 4.74 Å². The molecule has 1 aliphatic carbocycles. The van der Waals surface area contributed by atoms with Gasteiger partial charge in [-0.05, 0) is 38.3 Å². The number of carbonyl (C=O) groups excluding carboxylic acids is 1. The molecule has 3 heteroatoms. The maximum Gasteiger partial charge on any atom is 0.411 e. The zero-order valence-electron chi connectivity index (χ0n) is 10.6. The van der Waals surface area contributed by atoms with Crippen molar-refractivity contribution in [1.82, 2.24) is 0 Å². The van der Waals surface area contributed by atoms with Crippen LogP contribution in [0.3, 0.4) is 0 Å². The third-order valence-electron chi connectivity index (χ3n) is 3.21. The van der Waals surface area contributed by atoms with E-state index in [4.69, 9.17) is 4.74 Å². The van der Waals surface area contributed by atoms with E-state index >= 15 is 0 Å². The van der Waals surface area contributed by atoms with Crippen LogP contribution in [0.1, 0.15) is 26.2 Å². The molecule has 1 aromatic rings. The topological polar surface area (TPSA) is 38.3 Å². The van der Waals surface area contributed by atoms with Crippen LogP contribution in [0.25, 0.3) is 0 Å². The first-order chi connectivity index (χ1) is 8.75. The molecule has 0 saturated heterocycles. The Morgan fingerprint density at radius 3 is 2.83 bits per heavy atom. The van der Waals surface area contributed by atoms with Crippen molar-refractivity contribution >= 4 is 11.8 Å². The Hall–Kier alpha value is -1.77. The van der Waals surface area contributed by atoms with Gasteiger partial charge in [0.25, 0.3) is 0 Å². The maximum atomic E-state index is 11.7. The van der Waals surface area contributed by atoms with Gasteiger partial charge in [-0.3, -0.25) is 5.32 Å². The Balaban J connectivity index is 1.83. The van der Waals surface area contributed by atoms with Crippen molar-refractivity contribution in [3.63, 3.8) is 0 Å². The minimum Gasteiger partial charge on any atom is -0.446 e. The number of benzene rings is 1. The molecule has 18 heavy (non-hydrogen) atoms. The first-order valence-corrected chi connectivity index (χ1v) is 6.45. The average molecular weight is 245 g/mol. The molecule has 2 rings (SSSR count). The summed E-state index contributed by atoms with van der Waals surface area (Å²) in [6.07, 6.45) is 7.27. The highest BCUT2D eigenvalue weighted by Crippen LogP contribution is 2.22. The number of carbonyl (C=O) groups is 1. The molecule has 0 fully saturated rings. The van der Waals surface area contributed by atoms with Crippen LogP contribution in [0.4, 0.5) is 10.5 Å². The summed E-state index contributed by atoms with van der Waals surface area (Å²) in [6, 6.07) is 9.34. The van der Waals surface area contributed by atoms with Crippen molar-refractivity contribution < 1.29 is 9.53 Å². The minimum absolute atomic E-state index is 0.0785. The van der Waals surface area contributed by atoms with Gasteiger partial charge in [-0.2, -0.15) is 0 Å². The summed E-state index contributed by atoms with van der Waals surface area (Å²) in [6.45, 7) is 1.95. The third kappa shape index (κ3) is 3.62. The SMILES string of the molecule is CC(OC(=O)Nc1ccccc1)C1C=CCCC1. The number of hydrogen-bond acceptors (Lipinski definition) is 2. The lowest BCUT2D eigenvalue weighted by Gasteiger charge is -2.23. The molecule has 1 amide bonds. The first kappa shape index (κ1) is 12.7. The van der Waals surface area contributed by atoms with E-state index in [0.29, 0.717) is 5.92 Å². The lowest BCUT2D eigenvalue weighted by Crippen LogP contribution is -2.26. The molecule has 96 valence electrons. The van der Waals surface area contributed by atoms with Crippen molar-refractivity contribution in [2.45, 2.75) is 32.3 Å². The second-order valence-electron chi connectivity index (χ2n) is 4.62. The monoisotopic (exact) mass is 245 g/mol. The van der Waals surface area contributed by atoms with E-state index in [9.17, 15) is 4.79 Å². The number of rotatable bonds is 3. The summed E-state index contributed by atoms with van der Waals surface area (Å²) < 4.78 is 5.39. The number of anilines is 1. The van der Waals surface area contributed by atoms with Crippen LogP contribution >= 0.6 is 0 Å². The molecule has 3 nitrogen and oxygen atoms in total. The predicted octanol–water partition coefficient (Wildman–Crippen LogP) is 3.98. The average Bonchev–Trinajstić information content (AvgIpc) is 2.40. The highest BCUT2D eigenvalue weighted by atomic mass is 16.6. The van der Waals surface area contributed by atoms with Crippen molar-refractivity contribution in [2.24, 2.45) is 5.92 Å². The molecule has 2 unspecified atom stereocenters. The van der Waals surface area contributed by atoms with E-state index in [1.165, 1.54) is 6.42 Å². The van der Waals surface area contributed by atoms with Gasteiger partial charge in [0.05, 0.1) is 0 Å². The highest BCUT2D eigenvalue weighted by molar-refractivity contribution is 5.84. The van der Waals surface area contributed by atoms with E-state index in [1.54, 1.807) is 0 Å². The molecule has 0 aromatic heterocycles. The zero-order chi connectivity index (χ0) is 12.8. The Morgan fingerprint density at radius 1 is 1.39 bits per heavy atom. The van der Waals surface area contributed by atoms with Crippen molar-refractivity contribution in [2.75, 3.05) is 5.32 Å². The predicted molar refractivity (Wildman–Crippen MR) is 72.5 cm³/mol. The molecule has 0 spiro atoms. The number of hydrogen-bond donors (Lipinski definition) is 1. The van der Waals surface area contributed by atoms with Crippen LogP contribution in [0.5, 0.6) is 0 Å². The molecule has 2 atom stereocenters. The zero-order valence-corrected chi connectivity index (χ0v) is 10.6. The van der Waals surface area contributed by atoms with Gasteiger partial charge in [-0.25, -0.2) is 4.79 Å². The summed E-state index contributed by atoms with van der Waals surface area (Å²) in [5, 5.41) is 2.73. The maximum absolute atomic E-state index is 11.7. The van der Waals surface area contributed by atoms with E-state index in [2.05, 4.69) is 17.5 Å². The summed E-state index contributed by atoms with van der Waals surface area (Å²) in [7, 11) is 0. The molecular weight excluding hydrogens is 226 g/mol. The minimum atomic E-state index is -0.382. The van der Waals surface area contributed by atoms with Crippen molar-refractivity contribution in [1.29, 1.82) is 0 Å². The van der Waals surface area contributed by atoms with E-state index in [0.717, 1.165) is 18.5 Å². The van der Waals surface area contributed by atoms with E-state index in [-0.39, 0.29) is 12.2 Å². The van der Waals surface area contributed by atoms with E-state index < -0.39 is 0 Å². The first-order valence-electron chi connectivity index (χ1n) is 6.45. The van der Waals surface area contributed by atoms with Gasteiger partial charge in [-0.1, -0.05) is 30.4 Å². The van der Waals surface area contributed by atoms with Crippen LogP contribution in [0, 0.1) is 5.92 Å². The van der Waals surface area contributed by atoms with Crippen molar-refractivity contribution in [3.05, 3.63) is 42.5 Å². The molecule has 0 radical (unpaired) electrons. The number of ether oxygens (including phenoxy) is 1. The number of nitrogens with one attached hydrogen (secondary N) is 1. The lowest BCUT2D eigenvalue weighted by molar-refractivity contribution is 0.0925. The Bertz CT molecular complexity index is 414. The summed E-state index contributed by atoms with van der Waals surface area (Å²) >= 11 is 0. The second kappa shape index (κ2) is 6.24. The van der Waals surface area contributed by atoms with Gasteiger partial charge in [0.15, 0.2) is 0 Å². The fraction of sp³-hybridized carbons (Fsp3) is 0.400. The Kier molecular flexibility index (Phi) is 4.40.